The van der Waals surface area contributed by atoms with Gasteiger partial charge >= 0.3 is 0 Å². The molecule has 0 bridgehead atoms. The molecule has 0 aliphatic carbocycles. The summed E-state index contributed by atoms with van der Waals surface area (Å²) in [6, 6.07) is 11.1. The second kappa shape index (κ2) is 5.32. The standard InChI is InChI=1S/C13H13N3O2/c14-6-7-15-13(18)10-8-12(17)16(9-10)11-4-2-1-3-5-11/h1-5,10H,7-9H2,(H,15,18)/t10-/m1/s1. The number of carbonyl (C=O) groups is 2. The summed E-state index contributed by atoms with van der Waals surface area (Å²) < 4.78 is 0. The highest BCUT2D eigenvalue weighted by Gasteiger charge is 2.34. The smallest absolute Gasteiger partial charge is 0.227 e. The maximum absolute atomic E-state index is 11.8. The van der Waals surface area contributed by atoms with Crippen LogP contribution in [0, 0.1) is 17.2 Å². The zero-order valence-corrected chi connectivity index (χ0v) is 9.80. The summed E-state index contributed by atoms with van der Waals surface area (Å²) in [4.78, 5) is 25.1. The highest BCUT2D eigenvalue weighted by Crippen LogP contribution is 2.24. The van der Waals surface area contributed by atoms with Crippen LogP contribution in [-0.2, 0) is 9.59 Å². The van der Waals surface area contributed by atoms with Gasteiger partial charge in [-0.3, -0.25) is 9.59 Å². The lowest BCUT2D eigenvalue weighted by atomic mass is 10.1. The van der Waals surface area contributed by atoms with E-state index in [4.69, 9.17) is 5.26 Å². The maximum atomic E-state index is 11.8. The van der Waals surface area contributed by atoms with Crippen molar-refractivity contribution < 1.29 is 9.59 Å². The van der Waals surface area contributed by atoms with Crippen molar-refractivity contribution in [3.8, 4) is 6.07 Å². The second-order valence-corrected chi connectivity index (χ2v) is 4.12. The van der Waals surface area contributed by atoms with Crippen LogP contribution in [0.3, 0.4) is 0 Å². The quantitative estimate of drug-likeness (QED) is 0.793. The van der Waals surface area contributed by atoms with E-state index >= 15 is 0 Å². The van der Waals surface area contributed by atoms with Crippen LogP contribution in [0.2, 0.25) is 0 Å². The van der Waals surface area contributed by atoms with Gasteiger partial charge in [-0.25, -0.2) is 0 Å². The van der Waals surface area contributed by atoms with Crippen molar-refractivity contribution in [2.45, 2.75) is 6.42 Å². The van der Waals surface area contributed by atoms with Gasteiger partial charge in [-0.2, -0.15) is 5.26 Å². The first-order valence-corrected chi connectivity index (χ1v) is 5.72. The van der Waals surface area contributed by atoms with Gasteiger partial charge in [0, 0.05) is 18.7 Å². The van der Waals surface area contributed by atoms with Crippen LogP contribution >= 0.6 is 0 Å². The van der Waals surface area contributed by atoms with Crippen LogP contribution in [0.15, 0.2) is 30.3 Å². The van der Waals surface area contributed by atoms with E-state index in [9.17, 15) is 9.59 Å². The number of anilines is 1. The number of para-hydroxylation sites is 1. The van der Waals surface area contributed by atoms with Crippen molar-refractivity contribution in [2.24, 2.45) is 5.92 Å². The molecular formula is C13H13N3O2. The molecule has 0 spiro atoms. The minimum atomic E-state index is -0.369. The number of nitrogens with one attached hydrogen (secondary N) is 1. The van der Waals surface area contributed by atoms with Gasteiger partial charge in [0.2, 0.25) is 11.8 Å². The van der Waals surface area contributed by atoms with Crippen molar-refractivity contribution in [2.75, 3.05) is 18.0 Å². The second-order valence-electron chi connectivity index (χ2n) is 4.12. The average molecular weight is 243 g/mol. The predicted molar refractivity (Wildman–Crippen MR) is 65.5 cm³/mol. The summed E-state index contributed by atoms with van der Waals surface area (Å²) in [7, 11) is 0. The minimum absolute atomic E-state index is 0.0190. The van der Waals surface area contributed by atoms with Gasteiger partial charge in [0.1, 0.15) is 6.54 Å². The molecule has 1 heterocycles. The molecule has 2 amide bonds. The Bertz CT molecular complexity index is 493. The molecule has 1 N–H and O–H groups in total. The Morgan fingerprint density at radius 2 is 2.17 bits per heavy atom. The van der Waals surface area contributed by atoms with Gasteiger partial charge in [-0.05, 0) is 12.1 Å². The van der Waals surface area contributed by atoms with E-state index in [-0.39, 0.29) is 30.7 Å². The molecule has 1 aliphatic rings. The van der Waals surface area contributed by atoms with Crippen molar-refractivity contribution >= 4 is 17.5 Å². The zero-order chi connectivity index (χ0) is 13.0. The molecule has 0 unspecified atom stereocenters. The van der Waals surface area contributed by atoms with E-state index in [1.54, 1.807) is 4.90 Å². The highest BCUT2D eigenvalue weighted by molar-refractivity contribution is 6.00. The Labute approximate surface area is 105 Å². The summed E-state index contributed by atoms with van der Waals surface area (Å²) in [5, 5.41) is 10.9. The van der Waals surface area contributed by atoms with E-state index in [0.29, 0.717) is 6.54 Å². The molecule has 2 rings (SSSR count). The van der Waals surface area contributed by atoms with E-state index < -0.39 is 0 Å². The molecule has 18 heavy (non-hydrogen) atoms. The molecular weight excluding hydrogens is 230 g/mol. The average Bonchev–Trinajstić information content (AvgIpc) is 2.79. The molecule has 92 valence electrons. The van der Waals surface area contributed by atoms with Crippen molar-refractivity contribution in [3.05, 3.63) is 30.3 Å². The van der Waals surface area contributed by atoms with Crippen molar-refractivity contribution in [3.63, 3.8) is 0 Å². The Morgan fingerprint density at radius 1 is 1.44 bits per heavy atom. The molecule has 0 radical (unpaired) electrons. The molecule has 1 aliphatic heterocycles. The zero-order valence-electron chi connectivity index (χ0n) is 9.80. The molecule has 0 saturated carbocycles. The molecule has 1 atom stereocenters. The van der Waals surface area contributed by atoms with Crippen LogP contribution in [0.4, 0.5) is 5.69 Å². The van der Waals surface area contributed by atoms with Crippen LogP contribution in [0.25, 0.3) is 0 Å². The van der Waals surface area contributed by atoms with Gasteiger partial charge in [0.15, 0.2) is 0 Å². The maximum Gasteiger partial charge on any atom is 0.227 e. The summed E-state index contributed by atoms with van der Waals surface area (Å²) >= 11 is 0. The normalized spacial score (nSPS) is 18.5. The number of hydrogen-bond acceptors (Lipinski definition) is 3. The molecule has 5 heteroatoms. The monoisotopic (exact) mass is 243 g/mol. The molecule has 1 aromatic carbocycles. The fraction of sp³-hybridized carbons (Fsp3) is 0.308. The molecule has 1 aromatic rings. The van der Waals surface area contributed by atoms with Gasteiger partial charge in [-0.1, -0.05) is 18.2 Å². The number of amides is 2. The largest absolute Gasteiger partial charge is 0.343 e. The third-order valence-electron chi connectivity index (χ3n) is 2.91. The van der Waals surface area contributed by atoms with E-state index in [2.05, 4.69) is 5.32 Å². The third-order valence-corrected chi connectivity index (χ3v) is 2.91. The first-order chi connectivity index (χ1) is 8.72. The molecule has 5 nitrogen and oxygen atoms in total. The minimum Gasteiger partial charge on any atom is -0.343 e. The fourth-order valence-corrected chi connectivity index (χ4v) is 2.01. The van der Waals surface area contributed by atoms with Crippen LogP contribution < -0.4 is 10.2 Å². The lowest BCUT2D eigenvalue weighted by Gasteiger charge is -2.16. The Kier molecular flexibility index (Phi) is 3.58. The number of hydrogen-bond donors (Lipinski definition) is 1. The number of nitriles is 1. The predicted octanol–water partition coefficient (Wildman–Crippen LogP) is 0.679. The van der Waals surface area contributed by atoms with E-state index in [1.165, 1.54) is 0 Å². The molecule has 1 fully saturated rings. The van der Waals surface area contributed by atoms with Gasteiger partial charge < -0.3 is 10.2 Å². The lowest BCUT2D eigenvalue weighted by molar-refractivity contribution is -0.126. The number of benzene rings is 1. The summed E-state index contributed by atoms with van der Waals surface area (Å²) in [6.45, 7) is 0.356. The Morgan fingerprint density at radius 3 is 2.83 bits per heavy atom. The number of nitrogens with zero attached hydrogens (tertiary/aromatic N) is 2. The third kappa shape index (κ3) is 2.48. The lowest BCUT2D eigenvalue weighted by Crippen LogP contribution is -2.33. The van der Waals surface area contributed by atoms with Crippen LogP contribution in [-0.4, -0.2) is 24.9 Å². The van der Waals surface area contributed by atoms with Crippen molar-refractivity contribution in [1.82, 2.24) is 5.32 Å². The Hall–Kier alpha value is -2.35. The fourth-order valence-electron chi connectivity index (χ4n) is 2.01. The summed E-state index contributed by atoms with van der Waals surface area (Å²) in [5.41, 5.74) is 0.804. The van der Waals surface area contributed by atoms with Crippen LogP contribution in [0.1, 0.15) is 6.42 Å². The topological polar surface area (TPSA) is 73.2 Å². The summed E-state index contributed by atoms with van der Waals surface area (Å²) in [5.74, 6) is -0.660. The number of carbonyl (C=O) groups excluding carboxylic acids is 2. The summed E-state index contributed by atoms with van der Waals surface area (Å²) in [6.07, 6.45) is 0.201. The first kappa shape index (κ1) is 12.1. The molecule has 1 saturated heterocycles. The molecule has 0 aromatic heterocycles. The van der Waals surface area contributed by atoms with Gasteiger partial charge in [0.25, 0.3) is 0 Å². The van der Waals surface area contributed by atoms with E-state index in [1.807, 2.05) is 36.4 Å². The number of rotatable bonds is 3. The van der Waals surface area contributed by atoms with E-state index in [0.717, 1.165) is 5.69 Å². The first-order valence-electron chi connectivity index (χ1n) is 5.72. The van der Waals surface area contributed by atoms with Crippen molar-refractivity contribution in [1.29, 1.82) is 5.26 Å². The highest BCUT2D eigenvalue weighted by atomic mass is 16.2. The Balaban J connectivity index is 2.04. The van der Waals surface area contributed by atoms with Crippen LogP contribution in [0.5, 0.6) is 0 Å². The SMILES string of the molecule is N#CCNC(=O)[C@@H]1CC(=O)N(c2ccccc2)C1. The van der Waals surface area contributed by atoms with Gasteiger partial charge in [0.05, 0.1) is 12.0 Å². The van der Waals surface area contributed by atoms with Gasteiger partial charge in [-0.15, -0.1) is 0 Å².